The molecular weight excluding hydrogens is 296 g/mol. The molecule has 2 nitrogen and oxygen atoms in total. The van der Waals surface area contributed by atoms with E-state index in [2.05, 4.69) is 20.9 Å². The number of halogens is 3. The molecule has 0 amide bonds. The number of nitrogens with zero attached hydrogens (tertiary/aromatic N) is 1. The number of hydrogen-bond acceptors (Lipinski definition) is 2. The van der Waals surface area contributed by atoms with E-state index in [4.69, 9.17) is 11.6 Å². The van der Waals surface area contributed by atoms with E-state index in [1.165, 1.54) is 6.07 Å². The first-order valence-electron chi connectivity index (χ1n) is 4.83. The van der Waals surface area contributed by atoms with Crippen molar-refractivity contribution in [3.63, 3.8) is 0 Å². The fourth-order valence-corrected chi connectivity index (χ4v) is 2.68. The molecule has 1 saturated carbocycles. The average molecular weight is 305 g/mol. The molecule has 0 heterocycles. The van der Waals surface area contributed by atoms with E-state index >= 15 is 0 Å². The highest BCUT2D eigenvalue weighted by Gasteiger charge is 2.39. The van der Waals surface area contributed by atoms with Crippen molar-refractivity contribution in [1.29, 1.82) is 0 Å². The van der Waals surface area contributed by atoms with Crippen LogP contribution >= 0.6 is 27.5 Å². The van der Waals surface area contributed by atoms with Crippen molar-refractivity contribution in [3.8, 4) is 0 Å². The van der Waals surface area contributed by atoms with Crippen molar-refractivity contribution in [1.82, 2.24) is 0 Å². The van der Waals surface area contributed by atoms with E-state index in [-0.39, 0.29) is 5.02 Å². The average Bonchev–Trinajstić information content (AvgIpc) is 2.19. The number of rotatable bonds is 2. The summed E-state index contributed by atoms with van der Waals surface area (Å²) in [7, 11) is 0. The van der Waals surface area contributed by atoms with Gasteiger partial charge in [-0.05, 0) is 52.9 Å². The monoisotopic (exact) mass is 303 g/mol. The molecule has 0 spiro atoms. The van der Waals surface area contributed by atoms with Gasteiger partial charge in [0.15, 0.2) is 5.82 Å². The van der Waals surface area contributed by atoms with Crippen molar-refractivity contribution >= 4 is 33.6 Å². The van der Waals surface area contributed by atoms with Crippen LogP contribution in [0.5, 0.6) is 0 Å². The Bertz CT molecular complexity index is 458. The Morgan fingerprint density at radius 3 is 2.62 bits per heavy atom. The third kappa shape index (κ3) is 1.81. The van der Waals surface area contributed by atoms with Gasteiger partial charge in [-0.3, -0.25) is 0 Å². The molecule has 1 aromatic rings. The van der Waals surface area contributed by atoms with E-state index < -0.39 is 11.4 Å². The molecular formula is C11H8BrClFNO. The third-order valence-electron chi connectivity index (χ3n) is 2.96. The minimum atomic E-state index is -0.540. The Balaban J connectivity index is 2.51. The SMILES string of the molecule is O=C=NC1(c2cc(Cl)c(F)c(Br)c2)CCC1. The second-order valence-electron chi connectivity index (χ2n) is 3.84. The summed E-state index contributed by atoms with van der Waals surface area (Å²) in [4.78, 5) is 14.2. The van der Waals surface area contributed by atoms with Gasteiger partial charge in [-0.15, -0.1) is 0 Å². The molecule has 0 N–H and O–H groups in total. The van der Waals surface area contributed by atoms with Gasteiger partial charge < -0.3 is 0 Å². The molecule has 0 radical (unpaired) electrons. The Morgan fingerprint density at radius 2 is 2.19 bits per heavy atom. The zero-order chi connectivity index (χ0) is 11.8. The van der Waals surface area contributed by atoms with Crippen molar-refractivity contribution < 1.29 is 9.18 Å². The van der Waals surface area contributed by atoms with Crippen LogP contribution in [0, 0.1) is 5.82 Å². The predicted molar refractivity (Wildman–Crippen MR) is 62.8 cm³/mol. The Kier molecular flexibility index (Phi) is 3.15. The molecule has 84 valence electrons. The normalized spacial score (nSPS) is 17.4. The van der Waals surface area contributed by atoms with Gasteiger partial charge in [0, 0.05) is 0 Å². The second-order valence-corrected chi connectivity index (χ2v) is 5.10. The molecule has 0 saturated heterocycles. The van der Waals surface area contributed by atoms with Crippen LogP contribution in [-0.4, -0.2) is 6.08 Å². The van der Waals surface area contributed by atoms with Crippen molar-refractivity contribution in [2.75, 3.05) is 0 Å². The molecule has 1 aliphatic carbocycles. The summed E-state index contributed by atoms with van der Waals surface area (Å²) >= 11 is 8.86. The van der Waals surface area contributed by atoms with Crippen LogP contribution in [0.25, 0.3) is 0 Å². The van der Waals surface area contributed by atoms with Crippen molar-refractivity contribution in [3.05, 3.63) is 33.0 Å². The van der Waals surface area contributed by atoms with Crippen LogP contribution < -0.4 is 0 Å². The highest BCUT2D eigenvalue weighted by atomic mass is 79.9. The molecule has 0 bridgehead atoms. The Hall–Kier alpha value is -0.700. The highest BCUT2D eigenvalue weighted by molar-refractivity contribution is 9.10. The molecule has 1 aromatic carbocycles. The van der Waals surface area contributed by atoms with Crippen LogP contribution in [0.4, 0.5) is 4.39 Å². The zero-order valence-electron chi connectivity index (χ0n) is 8.27. The first-order valence-corrected chi connectivity index (χ1v) is 6.00. The molecule has 1 aliphatic rings. The Morgan fingerprint density at radius 1 is 1.50 bits per heavy atom. The summed E-state index contributed by atoms with van der Waals surface area (Å²) < 4.78 is 13.6. The number of benzene rings is 1. The standard InChI is InChI=1S/C11H8BrClFNO/c12-8-4-7(5-9(13)10(8)14)11(15-6-16)2-1-3-11/h4-5H,1-3H2. The maximum atomic E-state index is 13.3. The van der Waals surface area contributed by atoms with E-state index in [1.54, 1.807) is 12.1 Å². The number of hydrogen-bond donors (Lipinski definition) is 0. The summed E-state index contributed by atoms with van der Waals surface area (Å²) in [5.74, 6) is -0.491. The van der Waals surface area contributed by atoms with Gasteiger partial charge in [-0.1, -0.05) is 11.6 Å². The van der Waals surface area contributed by atoms with E-state index in [1.807, 2.05) is 0 Å². The maximum absolute atomic E-state index is 13.3. The minimum absolute atomic E-state index is 0.0387. The highest BCUT2D eigenvalue weighted by Crippen LogP contribution is 2.46. The smallest absolute Gasteiger partial charge is 0.211 e. The molecule has 0 unspecified atom stereocenters. The number of carbonyl (C=O) groups excluding carboxylic acids is 1. The largest absolute Gasteiger partial charge is 0.235 e. The predicted octanol–water partition coefficient (Wildman–Crippen LogP) is 3.96. The van der Waals surface area contributed by atoms with E-state index in [0.29, 0.717) is 4.47 Å². The molecule has 0 aliphatic heterocycles. The quantitative estimate of drug-likeness (QED) is 0.462. The van der Waals surface area contributed by atoms with Gasteiger partial charge in [0.25, 0.3) is 0 Å². The lowest BCUT2D eigenvalue weighted by Crippen LogP contribution is -2.31. The lowest BCUT2D eigenvalue weighted by molar-refractivity contribution is 0.255. The van der Waals surface area contributed by atoms with Crippen molar-refractivity contribution in [2.45, 2.75) is 24.8 Å². The zero-order valence-corrected chi connectivity index (χ0v) is 10.6. The summed E-state index contributed by atoms with van der Waals surface area (Å²) in [5.41, 5.74) is 0.224. The first kappa shape index (κ1) is 11.8. The lowest BCUT2D eigenvalue weighted by atomic mass is 9.72. The molecule has 0 aromatic heterocycles. The first-order chi connectivity index (χ1) is 7.59. The molecule has 5 heteroatoms. The van der Waals surface area contributed by atoms with Crippen LogP contribution in [-0.2, 0) is 10.3 Å². The van der Waals surface area contributed by atoms with Crippen LogP contribution in [0.1, 0.15) is 24.8 Å². The fourth-order valence-electron chi connectivity index (χ4n) is 1.89. The van der Waals surface area contributed by atoms with Crippen LogP contribution in [0.3, 0.4) is 0 Å². The van der Waals surface area contributed by atoms with Gasteiger partial charge in [-0.25, -0.2) is 9.18 Å². The summed E-state index contributed by atoms with van der Waals surface area (Å²) in [6.45, 7) is 0. The van der Waals surface area contributed by atoms with Gasteiger partial charge in [0.1, 0.15) is 0 Å². The summed E-state index contributed by atoms with van der Waals surface area (Å²) in [6, 6.07) is 3.16. The maximum Gasteiger partial charge on any atom is 0.235 e. The van der Waals surface area contributed by atoms with Crippen molar-refractivity contribution in [2.24, 2.45) is 4.99 Å². The minimum Gasteiger partial charge on any atom is -0.211 e. The van der Waals surface area contributed by atoms with Gasteiger partial charge in [0.2, 0.25) is 6.08 Å². The van der Waals surface area contributed by atoms with Gasteiger partial charge in [0.05, 0.1) is 15.0 Å². The summed E-state index contributed by atoms with van der Waals surface area (Å²) in [6.07, 6.45) is 4.13. The van der Waals surface area contributed by atoms with Gasteiger partial charge in [-0.2, -0.15) is 4.99 Å². The van der Waals surface area contributed by atoms with E-state index in [0.717, 1.165) is 24.8 Å². The topological polar surface area (TPSA) is 29.4 Å². The molecule has 1 fully saturated rings. The third-order valence-corrected chi connectivity index (χ3v) is 3.81. The summed E-state index contributed by atoms with van der Waals surface area (Å²) in [5, 5.41) is 0.0387. The van der Waals surface area contributed by atoms with Gasteiger partial charge >= 0.3 is 0 Å². The fraction of sp³-hybridized carbons (Fsp3) is 0.364. The van der Waals surface area contributed by atoms with Crippen LogP contribution in [0.2, 0.25) is 5.02 Å². The number of isocyanates is 1. The van der Waals surface area contributed by atoms with E-state index in [9.17, 15) is 9.18 Å². The molecule has 16 heavy (non-hydrogen) atoms. The second kappa shape index (κ2) is 4.28. The van der Waals surface area contributed by atoms with Crippen LogP contribution in [0.15, 0.2) is 21.6 Å². The number of aliphatic imine (C=N–C) groups is 1. The lowest BCUT2D eigenvalue weighted by Gasteiger charge is -2.37. The Labute approximate surface area is 106 Å². The molecule has 0 atom stereocenters. The molecule has 2 rings (SSSR count).